The fraction of sp³-hybridized carbons (Fsp3) is 0.357. The number of aromatic amines is 1. The van der Waals surface area contributed by atoms with Gasteiger partial charge in [0.15, 0.2) is 5.78 Å². The van der Waals surface area contributed by atoms with E-state index in [-0.39, 0.29) is 11.8 Å². The number of H-pyrrole nitrogens is 1. The number of nitrogens with zero attached hydrogens (tertiary/aromatic N) is 1. The molecule has 3 rings (SSSR count). The number of carbonyl (C=O) groups is 1. The van der Waals surface area contributed by atoms with E-state index in [0.29, 0.717) is 0 Å². The number of rotatable bonds is 2. The normalized spacial score (nSPS) is 21.1. The molecule has 1 unspecified atom stereocenters. The molecule has 0 radical (unpaired) electrons. The number of fused-ring (bicyclic) bond motifs is 1. The Kier molecular flexibility index (Phi) is 2.48. The van der Waals surface area contributed by atoms with E-state index in [1.807, 2.05) is 37.5 Å². The molecule has 1 aliphatic rings. The van der Waals surface area contributed by atoms with Crippen LogP contribution in [0.5, 0.6) is 0 Å². The van der Waals surface area contributed by atoms with Crippen LogP contribution in [0.15, 0.2) is 30.5 Å². The number of likely N-dealkylation sites (tertiary alicyclic amines) is 1. The average molecular weight is 228 g/mol. The van der Waals surface area contributed by atoms with Crippen LogP contribution in [-0.4, -0.2) is 35.3 Å². The van der Waals surface area contributed by atoms with Crippen molar-refractivity contribution in [1.82, 2.24) is 9.88 Å². The zero-order chi connectivity index (χ0) is 11.8. The molecule has 1 aromatic carbocycles. The number of Topliss-reactive ketones (excluding diaryl/α,β-unsaturated/α-hetero) is 1. The van der Waals surface area contributed by atoms with Crippen LogP contribution in [-0.2, 0) is 0 Å². The molecule has 0 spiro atoms. The summed E-state index contributed by atoms with van der Waals surface area (Å²) < 4.78 is 0. The third kappa shape index (κ3) is 1.67. The first-order valence-electron chi connectivity index (χ1n) is 6.08. The van der Waals surface area contributed by atoms with Gasteiger partial charge in [0, 0.05) is 22.7 Å². The maximum absolute atomic E-state index is 12.5. The lowest BCUT2D eigenvalue weighted by atomic mass is 10.0. The molecular formula is C14H16N2O. The summed E-state index contributed by atoms with van der Waals surface area (Å²) in [7, 11) is 2.03. The topological polar surface area (TPSA) is 36.1 Å². The Morgan fingerprint density at radius 2 is 2.24 bits per heavy atom. The first-order chi connectivity index (χ1) is 8.27. The largest absolute Gasteiger partial charge is 0.360 e. The highest BCUT2D eigenvalue weighted by molar-refractivity contribution is 6.10. The van der Waals surface area contributed by atoms with Crippen molar-refractivity contribution in [3.63, 3.8) is 0 Å². The Morgan fingerprint density at radius 1 is 1.41 bits per heavy atom. The van der Waals surface area contributed by atoms with Gasteiger partial charge in [0.2, 0.25) is 0 Å². The van der Waals surface area contributed by atoms with Crippen LogP contribution in [0.4, 0.5) is 0 Å². The van der Waals surface area contributed by atoms with E-state index in [1.165, 1.54) is 0 Å². The number of para-hydroxylation sites is 1. The third-order valence-electron chi connectivity index (χ3n) is 3.68. The fourth-order valence-corrected chi connectivity index (χ4v) is 2.70. The molecular weight excluding hydrogens is 212 g/mol. The van der Waals surface area contributed by atoms with Crippen molar-refractivity contribution in [3.05, 3.63) is 36.0 Å². The Bertz CT molecular complexity index is 558. The standard InChI is InChI=1S/C14H16N2O/c1-16-8-4-7-13(16)14(17)11-9-15-12-6-3-2-5-10(11)12/h2-3,5-6,9,13,15H,4,7-8H2,1H3. The van der Waals surface area contributed by atoms with Gasteiger partial charge in [-0.15, -0.1) is 0 Å². The Balaban J connectivity index is 2.01. The molecule has 0 aliphatic carbocycles. The van der Waals surface area contributed by atoms with Gasteiger partial charge in [0.25, 0.3) is 0 Å². The molecule has 0 saturated carbocycles. The molecule has 2 heterocycles. The van der Waals surface area contributed by atoms with Crippen LogP contribution in [0.3, 0.4) is 0 Å². The van der Waals surface area contributed by atoms with Gasteiger partial charge in [0.05, 0.1) is 6.04 Å². The molecule has 3 nitrogen and oxygen atoms in total. The van der Waals surface area contributed by atoms with Crippen molar-refractivity contribution >= 4 is 16.7 Å². The minimum atomic E-state index is 0.0641. The predicted octanol–water partition coefficient (Wildman–Crippen LogP) is 2.44. The van der Waals surface area contributed by atoms with Crippen molar-refractivity contribution < 1.29 is 4.79 Å². The summed E-state index contributed by atoms with van der Waals surface area (Å²) in [5.74, 6) is 0.252. The highest BCUT2D eigenvalue weighted by atomic mass is 16.1. The first-order valence-corrected chi connectivity index (χ1v) is 6.08. The van der Waals surface area contributed by atoms with Gasteiger partial charge in [0.1, 0.15) is 0 Å². The van der Waals surface area contributed by atoms with Crippen molar-refractivity contribution in [2.75, 3.05) is 13.6 Å². The molecule has 1 atom stereocenters. The predicted molar refractivity (Wildman–Crippen MR) is 68.3 cm³/mol. The highest BCUT2D eigenvalue weighted by Crippen LogP contribution is 2.24. The van der Waals surface area contributed by atoms with E-state index in [9.17, 15) is 4.79 Å². The maximum Gasteiger partial charge on any atom is 0.182 e. The number of ketones is 1. The molecule has 88 valence electrons. The zero-order valence-corrected chi connectivity index (χ0v) is 9.94. The van der Waals surface area contributed by atoms with Crippen LogP contribution in [0.2, 0.25) is 0 Å². The molecule has 0 amide bonds. The molecule has 1 fully saturated rings. The van der Waals surface area contributed by atoms with Crippen LogP contribution in [0, 0.1) is 0 Å². The Hall–Kier alpha value is -1.61. The fourth-order valence-electron chi connectivity index (χ4n) is 2.70. The van der Waals surface area contributed by atoms with Gasteiger partial charge in [-0.25, -0.2) is 0 Å². The Morgan fingerprint density at radius 3 is 3.00 bits per heavy atom. The summed E-state index contributed by atoms with van der Waals surface area (Å²) in [6, 6.07) is 8.03. The number of hydrogen-bond acceptors (Lipinski definition) is 2. The van der Waals surface area contributed by atoms with E-state index < -0.39 is 0 Å². The maximum atomic E-state index is 12.5. The van der Waals surface area contributed by atoms with Crippen LogP contribution in [0.1, 0.15) is 23.2 Å². The van der Waals surface area contributed by atoms with Gasteiger partial charge in [-0.3, -0.25) is 9.69 Å². The molecule has 1 N–H and O–H groups in total. The van der Waals surface area contributed by atoms with Crippen LogP contribution in [0.25, 0.3) is 10.9 Å². The van der Waals surface area contributed by atoms with Crippen molar-refractivity contribution in [2.24, 2.45) is 0 Å². The molecule has 1 aromatic heterocycles. The molecule has 17 heavy (non-hydrogen) atoms. The van der Waals surface area contributed by atoms with Crippen LogP contribution < -0.4 is 0 Å². The number of benzene rings is 1. The van der Waals surface area contributed by atoms with Gasteiger partial charge in [-0.05, 0) is 32.5 Å². The van der Waals surface area contributed by atoms with Gasteiger partial charge < -0.3 is 4.98 Å². The third-order valence-corrected chi connectivity index (χ3v) is 3.68. The van der Waals surface area contributed by atoms with Gasteiger partial charge in [-0.2, -0.15) is 0 Å². The molecule has 1 saturated heterocycles. The molecule has 1 aliphatic heterocycles. The number of carbonyl (C=O) groups excluding carboxylic acids is 1. The van der Waals surface area contributed by atoms with Crippen molar-refractivity contribution in [3.8, 4) is 0 Å². The lowest BCUT2D eigenvalue weighted by Crippen LogP contribution is -2.32. The van der Waals surface area contributed by atoms with E-state index in [0.717, 1.165) is 35.9 Å². The highest BCUT2D eigenvalue weighted by Gasteiger charge is 2.29. The van der Waals surface area contributed by atoms with E-state index in [2.05, 4.69) is 9.88 Å². The SMILES string of the molecule is CN1CCCC1C(=O)c1c[nH]c2ccccc12. The second kappa shape index (κ2) is 4.00. The number of hydrogen-bond donors (Lipinski definition) is 1. The molecule has 0 bridgehead atoms. The lowest BCUT2D eigenvalue weighted by Gasteiger charge is -2.17. The number of likely N-dealkylation sites (N-methyl/N-ethyl adjacent to an activating group) is 1. The van der Waals surface area contributed by atoms with Crippen molar-refractivity contribution in [1.29, 1.82) is 0 Å². The van der Waals surface area contributed by atoms with E-state index in [4.69, 9.17) is 0 Å². The number of nitrogens with one attached hydrogen (secondary N) is 1. The van der Waals surface area contributed by atoms with E-state index >= 15 is 0 Å². The van der Waals surface area contributed by atoms with Crippen molar-refractivity contribution in [2.45, 2.75) is 18.9 Å². The smallest absolute Gasteiger partial charge is 0.182 e. The summed E-state index contributed by atoms with van der Waals surface area (Å²) >= 11 is 0. The molecule has 2 aromatic rings. The lowest BCUT2D eigenvalue weighted by molar-refractivity contribution is 0.0892. The monoisotopic (exact) mass is 228 g/mol. The van der Waals surface area contributed by atoms with Gasteiger partial charge in [-0.1, -0.05) is 18.2 Å². The summed E-state index contributed by atoms with van der Waals surface area (Å²) in [5, 5.41) is 1.04. The quantitative estimate of drug-likeness (QED) is 0.801. The summed E-state index contributed by atoms with van der Waals surface area (Å²) in [4.78, 5) is 17.8. The summed E-state index contributed by atoms with van der Waals surface area (Å²) in [6.07, 6.45) is 3.95. The second-order valence-corrected chi connectivity index (χ2v) is 4.75. The second-order valence-electron chi connectivity index (χ2n) is 4.75. The Labute approximate surface area is 100 Å². The minimum Gasteiger partial charge on any atom is -0.360 e. The zero-order valence-electron chi connectivity index (χ0n) is 9.94. The molecule has 3 heteroatoms. The first kappa shape index (κ1) is 10.5. The minimum absolute atomic E-state index is 0.0641. The van der Waals surface area contributed by atoms with Crippen LogP contribution >= 0.6 is 0 Å². The summed E-state index contributed by atoms with van der Waals surface area (Å²) in [6.45, 7) is 1.03. The summed E-state index contributed by atoms with van der Waals surface area (Å²) in [5.41, 5.74) is 1.87. The average Bonchev–Trinajstić information content (AvgIpc) is 2.94. The van der Waals surface area contributed by atoms with E-state index in [1.54, 1.807) is 0 Å². The van der Waals surface area contributed by atoms with Gasteiger partial charge >= 0.3 is 0 Å². The number of aromatic nitrogens is 1.